The Hall–Kier alpha value is -1.90. The van der Waals surface area contributed by atoms with Crippen molar-refractivity contribution in [2.75, 3.05) is 0 Å². The zero-order chi connectivity index (χ0) is 21.2. The maximum absolute atomic E-state index is 4.25. The molecule has 2 heteroatoms. The number of allylic oxidation sites excluding steroid dienone is 4. The van der Waals surface area contributed by atoms with Crippen LogP contribution in [-0.2, 0) is 0 Å². The van der Waals surface area contributed by atoms with Crippen LogP contribution in [0.1, 0.15) is 54.9 Å². The van der Waals surface area contributed by atoms with E-state index in [0.29, 0.717) is 11.8 Å². The van der Waals surface area contributed by atoms with Crippen molar-refractivity contribution in [3.8, 4) is 0 Å². The van der Waals surface area contributed by atoms with Crippen LogP contribution in [0, 0.1) is 11.8 Å². The molecule has 3 rings (SSSR count). The lowest BCUT2D eigenvalue weighted by Gasteiger charge is -2.43. The fourth-order valence-corrected chi connectivity index (χ4v) is 10.2. The van der Waals surface area contributed by atoms with Crippen molar-refractivity contribution in [2.24, 2.45) is 11.8 Å². The van der Waals surface area contributed by atoms with Gasteiger partial charge in [-0.2, -0.15) is 0 Å². The molecular formula is C27H37NSi. The van der Waals surface area contributed by atoms with Gasteiger partial charge in [0, 0.05) is 5.54 Å². The van der Waals surface area contributed by atoms with Gasteiger partial charge in [0.15, 0.2) is 0 Å². The summed E-state index contributed by atoms with van der Waals surface area (Å²) >= 11 is 0. The summed E-state index contributed by atoms with van der Waals surface area (Å²) in [5.41, 5.74) is 3.16. The lowest BCUT2D eigenvalue weighted by molar-refractivity contribution is 0.516. The van der Waals surface area contributed by atoms with Crippen molar-refractivity contribution in [3.63, 3.8) is 0 Å². The fourth-order valence-electron chi connectivity index (χ4n) is 4.72. The van der Waals surface area contributed by atoms with Gasteiger partial charge in [0.05, 0.1) is 0 Å². The van der Waals surface area contributed by atoms with Crippen LogP contribution in [0.2, 0.25) is 0 Å². The number of benzene rings is 2. The minimum absolute atomic E-state index is 0.00231. The smallest absolute Gasteiger partial charge is 0.222 e. The van der Waals surface area contributed by atoms with E-state index in [4.69, 9.17) is 0 Å². The third-order valence-corrected chi connectivity index (χ3v) is 10.7. The molecular weight excluding hydrogens is 366 g/mol. The molecule has 29 heavy (non-hydrogen) atoms. The fraction of sp³-hybridized carbons (Fsp3) is 0.407. The van der Waals surface area contributed by atoms with E-state index in [2.05, 4.69) is 120 Å². The van der Waals surface area contributed by atoms with Gasteiger partial charge in [-0.25, -0.2) is 0 Å². The Balaban J connectivity index is 2.44. The number of hydrogen-bond acceptors (Lipinski definition) is 1. The van der Waals surface area contributed by atoms with E-state index < -0.39 is 8.24 Å². The molecule has 1 aliphatic carbocycles. The standard InChI is InChI=1S/C27H37NSi/c1-20(2)24-18-19-25(21(3)4)26(24)29(28-27(5,6)7,22-14-10-8-11-15-22)23-16-12-9-13-17-23/h8-18,20-21,28H,19H2,1-7H3. The summed E-state index contributed by atoms with van der Waals surface area (Å²) in [6, 6.07) is 22.5. The van der Waals surface area contributed by atoms with Crippen LogP contribution in [0.25, 0.3) is 0 Å². The summed E-state index contributed by atoms with van der Waals surface area (Å²) in [4.78, 5) is 4.25. The molecule has 0 unspecified atom stereocenters. The highest BCUT2D eigenvalue weighted by Gasteiger charge is 2.48. The van der Waals surface area contributed by atoms with Gasteiger partial charge in [-0.3, -0.25) is 0 Å². The molecule has 0 aliphatic heterocycles. The molecule has 0 saturated carbocycles. The van der Waals surface area contributed by atoms with Crippen molar-refractivity contribution in [2.45, 2.75) is 60.4 Å². The Bertz CT molecular complexity index is 844. The van der Waals surface area contributed by atoms with Gasteiger partial charge in [0.25, 0.3) is 0 Å². The van der Waals surface area contributed by atoms with Gasteiger partial charge >= 0.3 is 0 Å². The molecule has 2 aromatic rings. The Labute approximate surface area is 179 Å². The van der Waals surface area contributed by atoms with Crippen LogP contribution in [0.3, 0.4) is 0 Å². The van der Waals surface area contributed by atoms with Gasteiger partial charge in [-0.05, 0) is 60.2 Å². The van der Waals surface area contributed by atoms with Gasteiger partial charge in [0.2, 0.25) is 8.24 Å². The molecule has 0 radical (unpaired) electrons. The van der Waals surface area contributed by atoms with Gasteiger partial charge in [-0.15, -0.1) is 0 Å². The van der Waals surface area contributed by atoms with Crippen LogP contribution >= 0.6 is 0 Å². The average Bonchev–Trinajstić information content (AvgIpc) is 3.13. The molecule has 0 fully saturated rings. The molecule has 0 atom stereocenters. The predicted octanol–water partition coefficient (Wildman–Crippen LogP) is 5.61. The van der Waals surface area contributed by atoms with Crippen LogP contribution in [0.4, 0.5) is 0 Å². The van der Waals surface area contributed by atoms with Crippen molar-refractivity contribution in [3.05, 3.63) is 83.1 Å². The molecule has 2 aromatic carbocycles. The summed E-state index contributed by atoms with van der Waals surface area (Å²) < 4.78 is 0. The zero-order valence-electron chi connectivity index (χ0n) is 19.2. The lowest BCUT2D eigenvalue weighted by atomic mass is 10.0. The number of hydrogen-bond donors (Lipinski definition) is 1. The number of rotatable bonds is 6. The van der Waals surface area contributed by atoms with Gasteiger partial charge < -0.3 is 4.98 Å². The molecule has 1 aliphatic rings. The summed E-state index contributed by atoms with van der Waals surface area (Å²) in [7, 11) is -2.44. The molecule has 0 bridgehead atoms. The maximum Gasteiger partial charge on any atom is 0.222 e. The van der Waals surface area contributed by atoms with E-state index in [9.17, 15) is 0 Å². The second-order valence-electron chi connectivity index (χ2n) is 9.93. The minimum Gasteiger partial charge on any atom is -0.322 e. The molecule has 154 valence electrons. The summed E-state index contributed by atoms with van der Waals surface area (Å²) in [6.45, 7) is 16.3. The lowest BCUT2D eigenvalue weighted by Crippen LogP contribution is -2.74. The summed E-state index contributed by atoms with van der Waals surface area (Å²) in [5, 5.41) is 4.51. The normalized spacial score (nSPS) is 15.4. The van der Waals surface area contributed by atoms with Crippen LogP contribution in [0.5, 0.6) is 0 Å². The van der Waals surface area contributed by atoms with E-state index in [1.807, 2.05) is 0 Å². The van der Waals surface area contributed by atoms with Crippen molar-refractivity contribution in [1.29, 1.82) is 0 Å². The van der Waals surface area contributed by atoms with E-state index in [1.54, 1.807) is 16.3 Å². The summed E-state index contributed by atoms with van der Waals surface area (Å²) in [5.74, 6) is 1.06. The molecule has 0 heterocycles. The van der Waals surface area contributed by atoms with Crippen LogP contribution in [-0.4, -0.2) is 13.8 Å². The first-order valence-electron chi connectivity index (χ1n) is 11.0. The highest BCUT2D eigenvalue weighted by atomic mass is 28.3. The second-order valence-corrected chi connectivity index (χ2v) is 13.3. The average molecular weight is 404 g/mol. The van der Waals surface area contributed by atoms with Gasteiger partial charge in [0.1, 0.15) is 0 Å². The van der Waals surface area contributed by atoms with E-state index in [1.165, 1.54) is 10.4 Å². The van der Waals surface area contributed by atoms with Crippen molar-refractivity contribution in [1.82, 2.24) is 4.98 Å². The van der Waals surface area contributed by atoms with Crippen LogP contribution in [0.15, 0.2) is 83.1 Å². The molecule has 1 nitrogen and oxygen atoms in total. The molecule has 1 N–H and O–H groups in total. The highest BCUT2D eigenvalue weighted by Crippen LogP contribution is 2.40. The quantitative estimate of drug-likeness (QED) is 0.618. The topological polar surface area (TPSA) is 12.0 Å². The Morgan fingerprint density at radius 1 is 0.759 bits per heavy atom. The highest BCUT2D eigenvalue weighted by molar-refractivity contribution is 7.06. The van der Waals surface area contributed by atoms with Crippen molar-refractivity contribution < 1.29 is 0 Å². The number of nitrogens with one attached hydrogen (secondary N) is 1. The Morgan fingerprint density at radius 3 is 1.62 bits per heavy atom. The molecule has 0 amide bonds. The van der Waals surface area contributed by atoms with Crippen LogP contribution < -0.4 is 15.4 Å². The molecule has 0 spiro atoms. The minimum atomic E-state index is -2.44. The second kappa shape index (κ2) is 8.45. The SMILES string of the molecule is CC(C)C1=CCC(C(C)C)=C1[Si](NC(C)(C)C)(c1ccccc1)c1ccccc1. The van der Waals surface area contributed by atoms with E-state index in [-0.39, 0.29) is 5.54 Å². The third-order valence-electron chi connectivity index (χ3n) is 5.82. The Morgan fingerprint density at radius 2 is 1.24 bits per heavy atom. The monoisotopic (exact) mass is 403 g/mol. The first-order valence-corrected chi connectivity index (χ1v) is 13.0. The first kappa shape index (κ1) is 21.8. The third kappa shape index (κ3) is 4.34. The van der Waals surface area contributed by atoms with E-state index >= 15 is 0 Å². The Kier molecular flexibility index (Phi) is 6.35. The largest absolute Gasteiger partial charge is 0.322 e. The molecule has 0 aromatic heterocycles. The van der Waals surface area contributed by atoms with Crippen molar-refractivity contribution >= 4 is 18.6 Å². The summed E-state index contributed by atoms with van der Waals surface area (Å²) in [6.07, 6.45) is 3.59. The predicted molar refractivity (Wildman–Crippen MR) is 130 cm³/mol. The molecule has 0 saturated heterocycles. The van der Waals surface area contributed by atoms with E-state index in [0.717, 1.165) is 6.42 Å². The zero-order valence-corrected chi connectivity index (χ0v) is 20.2. The maximum atomic E-state index is 4.25. The van der Waals surface area contributed by atoms with Gasteiger partial charge in [-0.1, -0.05) is 100 Å². The first-order chi connectivity index (χ1) is 13.7.